The average molecular weight is 388 g/mol. The molecule has 0 radical (unpaired) electrons. The van der Waals surface area contributed by atoms with Crippen LogP contribution in [0.1, 0.15) is 23.8 Å². The number of hydrogen-bond acceptors (Lipinski definition) is 4. The SMILES string of the molecule is CC1(C(=O)O)C=CC=C(C(=O)O)C1.O=C(O)c1ccnn1-c1cccc(F)c1. The van der Waals surface area contributed by atoms with Crippen LogP contribution in [0.3, 0.4) is 0 Å². The lowest BCUT2D eigenvalue weighted by Gasteiger charge is -2.23. The molecule has 1 aliphatic carbocycles. The summed E-state index contributed by atoms with van der Waals surface area (Å²) >= 11 is 0. The maximum atomic E-state index is 12.9. The first-order valence-corrected chi connectivity index (χ1v) is 8.02. The Morgan fingerprint density at radius 1 is 1.14 bits per heavy atom. The zero-order valence-electron chi connectivity index (χ0n) is 14.7. The van der Waals surface area contributed by atoms with Crippen LogP contribution in [0, 0.1) is 11.2 Å². The number of hydrogen-bond donors (Lipinski definition) is 3. The second-order valence-electron chi connectivity index (χ2n) is 6.17. The van der Waals surface area contributed by atoms with E-state index in [1.807, 2.05) is 0 Å². The van der Waals surface area contributed by atoms with Gasteiger partial charge in [0.2, 0.25) is 0 Å². The zero-order valence-corrected chi connectivity index (χ0v) is 14.7. The maximum absolute atomic E-state index is 12.9. The van der Waals surface area contributed by atoms with Crippen molar-refractivity contribution in [3.8, 4) is 5.69 Å². The number of nitrogens with zero attached hydrogens (tertiary/aromatic N) is 2. The Balaban J connectivity index is 0.000000203. The molecule has 1 aromatic carbocycles. The van der Waals surface area contributed by atoms with Crippen molar-refractivity contribution in [2.24, 2.45) is 5.41 Å². The van der Waals surface area contributed by atoms with Gasteiger partial charge in [-0.3, -0.25) is 4.79 Å². The summed E-state index contributed by atoms with van der Waals surface area (Å²) in [6, 6.07) is 6.95. The van der Waals surface area contributed by atoms with Crippen molar-refractivity contribution in [3.05, 3.63) is 71.8 Å². The smallest absolute Gasteiger partial charge is 0.354 e. The Hall–Kier alpha value is -3.75. The molecule has 1 unspecified atom stereocenters. The van der Waals surface area contributed by atoms with Crippen LogP contribution in [0.4, 0.5) is 4.39 Å². The van der Waals surface area contributed by atoms with E-state index in [0.29, 0.717) is 5.69 Å². The number of benzene rings is 1. The van der Waals surface area contributed by atoms with Gasteiger partial charge in [0, 0.05) is 5.57 Å². The molecule has 0 bridgehead atoms. The molecule has 1 atom stereocenters. The molecule has 0 aliphatic heterocycles. The molecule has 8 nitrogen and oxygen atoms in total. The van der Waals surface area contributed by atoms with E-state index in [1.54, 1.807) is 6.07 Å². The first-order valence-electron chi connectivity index (χ1n) is 8.02. The molecule has 28 heavy (non-hydrogen) atoms. The lowest BCUT2D eigenvalue weighted by Crippen LogP contribution is -2.28. The lowest BCUT2D eigenvalue weighted by molar-refractivity contribution is -0.145. The summed E-state index contributed by atoms with van der Waals surface area (Å²) in [5.41, 5.74) is -0.562. The molecule has 2 aromatic rings. The molecule has 9 heteroatoms. The highest BCUT2D eigenvalue weighted by Gasteiger charge is 2.34. The van der Waals surface area contributed by atoms with E-state index in [2.05, 4.69) is 5.10 Å². The van der Waals surface area contributed by atoms with Gasteiger partial charge in [-0.05, 0) is 37.6 Å². The minimum atomic E-state index is -1.10. The number of halogens is 1. The van der Waals surface area contributed by atoms with Crippen molar-refractivity contribution < 1.29 is 34.1 Å². The molecule has 1 aliphatic rings. The van der Waals surface area contributed by atoms with Crippen molar-refractivity contribution >= 4 is 17.9 Å². The number of allylic oxidation sites excluding steroid dienone is 2. The molecular formula is C19H17FN2O6. The van der Waals surface area contributed by atoms with Crippen LogP contribution in [0.2, 0.25) is 0 Å². The van der Waals surface area contributed by atoms with Gasteiger partial charge in [0.25, 0.3) is 0 Å². The molecule has 0 amide bonds. The molecule has 1 aromatic heterocycles. The third kappa shape index (κ3) is 4.70. The molecule has 3 N–H and O–H groups in total. The third-order valence-corrected chi connectivity index (χ3v) is 4.00. The summed E-state index contributed by atoms with van der Waals surface area (Å²) in [5.74, 6) is -3.59. The van der Waals surface area contributed by atoms with Gasteiger partial charge in [0.1, 0.15) is 5.82 Å². The fourth-order valence-corrected chi connectivity index (χ4v) is 2.46. The van der Waals surface area contributed by atoms with Crippen molar-refractivity contribution in [1.82, 2.24) is 9.78 Å². The quantitative estimate of drug-likeness (QED) is 0.734. The number of carbonyl (C=O) groups is 3. The van der Waals surface area contributed by atoms with Crippen LogP contribution < -0.4 is 0 Å². The third-order valence-electron chi connectivity index (χ3n) is 4.00. The number of carboxylic acids is 3. The monoisotopic (exact) mass is 388 g/mol. The molecule has 0 saturated carbocycles. The largest absolute Gasteiger partial charge is 0.481 e. The number of rotatable bonds is 4. The van der Waals surface area contributed by atoms with E-state index >= 15 is 0 Å². The van der Waals surface area contributed by atoms with Crippen LogP contribution in [-0.4, -0.2) is 43.0 Å². The van der Waals surface area contributed by atoms with Gasteiger partial charge in [-0.15, -0.1) is 0 Å². The molecule has 0 saturated heterocycles. The summed E-state index contributed by atoms with van der Waals surface area (Å²) in [5, 5.41) is 30.1. The van der Waals surface area contributed by atoms with Gasteiger partial charge < -0.3 is 15.3 Å². The van der Waals surface area contributed by atoms with Gasteiger partial charge in [0.05, 0.1) is 17.3 Å². The summed E-state index contributed by atoms with van der Waals surface area (Å²) in [6.07, 6.45) is 5.79. The maximum Gasteiger partial charge on any atom is 0.354 e. The minimum absolute atomic E-state index is 0.000556. The highest BCUT2D eigenvalue weighted by molar-refractivity contribution is 5.90. The Morgan fingerprint density at radius 2 is 1.86 bits per heavy atom. The molecule has 3 rings (SSSR count). The predicted octanol–water partition coefficient (Wildman–Crippen LogP) is 2.76. The van der Waals surface area contributed by atoms with E-state index in [9.17, 15) is 18.8 Å². The van der Waals surface area contributed by atoms with Crippen LogP contribution in [0.15, 0.2) is 60.3 Å². The van der Waals surface area contributed by atoms with Crippen LogP contribution in [0.25, 0.3) is 5.69 Å². The predicted molar refractivity (Wildman–Crippen MR) is 95.7 cm³/mol. The van der Waals surface area contributed by atoms with Gasteiger partial charge in [-0.25, -0.2) is 18.7 Å². The van der Waals surface area contributed by atoms with E-state index < -0.39 is 29.1 Å². The van der Waals surface area contributed by atoms with E-state index in [1.165, 1.54) is 60.3 Å². The normalized spacial score (nSPS) is 17.9. The standard InChI is InChI=1S/C10H7FN2O2.C9H10O4/c11-7-2-1-3-8(6-7)13-9(10(14)15)4-5-12-13;1-9(8(12)13)4-2-3-6(5-9)7(10)11/h1-6H,(H,14,15);2-4H,5H2,1H3,(H,10,11)(H,12,13). The number of carboxylic acid groups (broad SMARTS) is 3. The van der Waals surface area contributed by atoms with Gasteiger partial charge in [-0.1, -0.05) is 24.3 Å². The topological polar surface area (TPSA) is 130 Å². The van der Waals surface area contributed by atoms with E-state index in [-0.39, 0.29) is 17.7 Å². The van der Waals surface area contributed by atoms with Crippen molar-refractivity contribution in [2.45, 2.75) is 13.3 Å². The average Bonchev–Trinajstić information content (AvgIpc) is 3.12. The zero-order chi connectivity index (χ0) is 20.9. The Kier molecular flexibility index (Phi) is 6.09. The summed E-state index contributed by atoms with van der Waals surface area (Å²) in [4.78, 5) is 32.1. The molecule has 0 spiro atoms. The molecule has 0 fully saturated rings. The Morgan fingerprint density at radius 3 is 2.43 bits per heavy atom. The van der Waals surface area contributed by atoms with Crippen molar-refractivity contribution in [3.63, 3.8) is 0 Å². The van der Waals surface area contributed by atoms with E-state index in [4.69, 9.17) is 15.3 Å². The van der Waals surface area contributed by atoms with E-state index in [0.717, 1.165) is 0 Å². The highest BCUT2D eigenvalue weighted by Crippen LogP contribution is 2.31. The molecular weight excluding hydrogens is 371 g/mol. The fraction of sp³-hybridized carbons (Fsp3) is 0.158. The Bertz CT molecular complexity index is 978. The minimum Gasteiger partial charge on any atom is -0.481 e. The van der Waals surface area contributed by atoms with Gasteiger partial charge in [0.15, 0.2) is 5.69 Å². The lowest BCUT2D eigenvalue weighted by atomic mass is 9.80. The van der Waals surface area contributed by atoms with Crippen LogP contribution >= 0.6 is 0 Å². The second kappa shape index (κ2) is 8.30. The molecule has 1 heterocycles. The van der Waals surface area contributed by atoms with Crippen molar-refractivity contribution in [2.75, 3.05) is 0 Å². The molecule has 146 valence electrons. The first-order chi connectivity index (χ1) is 13.1. The number of aromatic carboxylic acids is 1. The van der Waals surface area contributed by atoms with Gasteiger partial charge in [-0.2, -0.15) is 5.10 Å². The second-order valence-corrected chi connectivity index (χ2v) is 6.17. The Labute approximate surface area is 158 Å². The summed E-state index contributed by atoms with van der Waals surface area (Å²) in [7, 11) is 0. The fourth-order valence-electron chi connectivity index (χ4n) is 2.46. The summed E-state index contributed by atoms with van der Waals surface area (Å²) < 4.78 is 14.1. The van der Waals surface area contributed by atoms with Gasteiger partial charge >= 0.3 is 17.9 Å². The van der Waals surface area contributed by atoms with Crippen LogP contribution in [0.5, 0.6) is 0 Å². The summed E-state index contributed by atoms with van der Waals surface area (Å²) in [6.45, 7) is 1.50. The number of aliphatic carboxylic acids is 2. The highest BCUT2D eigenvalue weighted by atomic mass is 19.1. The van der Waals surface area contributed by atoms with Crippen LogP contribution in [-0.2, 0) is 9.59 Å². The van der Waals surface area contributed by atoms with Crippen molar-refractivity contribution in [1.29, 1.82) is 0 Å². The number of aromatic nitrogens is 2. The first kappa shape index (κ1) is 20.6.